The summed E-state index contributed by atoms with van der Waals surface area (Å²) in [5.41, 5.74) is 0.224. The van der Waals surface area contributed by atoms with Crippen LogP contribution in [0.25, 0.3) is 0 Å². The Morgan fingerprint density at radius 2 is 1.82 bits per heavy atom. The van der Waals surface area contributed by atoms with E-state index in [1.807, 2.05) is 10.7 Å². The van der Waals surface area contributed by atoms with Gasteiger partial charge in [0.25, 0.3) is 0 Å². The quantitative estimate of drug-likeness (QED) is 0.727. The summed E-state index contributed by atoms with van der Waals surface area (Å²) < 4.78 is 20.2. The smallest absolute Gasteiger partial charge is 0.398 e. The third kappa shape index (κ3) is 3.39. The minimum Gasteiger partial charge on any atom is -0.398 e. The molecule has 0 amide bonds. The number of ether oxygens (including phenoxy) is 1. The lowest BCUT2D eigenvalue weighted by Crippen LogP contribution is -2.41. The first-order valence-corrected chi connectivity index (χ1v) is 8.33. The van der Waals surface area contributed by atoms with Gasteiger partial charge in [0.1, 0.15) is 6.23 Å². The fraction of sp³-hybridized carbons (Fsp3) is 0.812. The van der Waals surface area contributed by atoms with Gasteiger partial charge in [-0.05, 0) is 46.6 Å². The lowest BCUT2D eigenvalue weighted by molar-refractivity contribution is -0.0103. The average molecular weight is 308 g/mol. The van der Waals surface area contributed by atoms with E-state index in [-0.39, 0.29) is 17.4 Å². The third-order valence-electron chi connectivity index (χ3n) is 4.52. The van der Waals surface area contributed by atoms with E-state index in [0.29, 0.717) is 0 Å². The van der Waals surface area contributed by atoms with Crippen molar-refractivity contribution in [1.29, 1.82) is 0 Å². The molecule has 1 aromatic rings. The number of nitrogens with zero attached hydrogens (tertiary/aromatic N) is 2. The van der Waals surface area contributed by atoms with E-state index >= 15 is 0 Å². The van der Waals surface area contributed by atoms with Gasteiger partial charge in [-0.25, -0.2) is 4.68 Å². The summed E-state index contributed by atoms with van der Waals surface area (Å²) in [6, 6.07) is 1.96. The van der Waals surface area contributed by atoms with Gasteiger partial charge in [-0.3, -0.25) is 0 Å². The average Bonchev–Trinajstić information content (AvgIpc) is 2.98. The zero-order valence-electron chi connectivity index (χ0n) is 14.8. The molecule has 0 aromatic carbocycles. The number of hydrogen-bond donors (Lipinski definition) is 0. The molecule has 6 heteroatoms. The molecule has 124 valence electrons. The Morgan fingerprint density at radius 1 is 1.18 bits per heavy atom. The first kappa shape index (κ1) is 17.5. The van der Waals surface area contributed by atoms with Gasteiger partial charge in [0.2, 0.25) is 0 Å². The minimum atomic E-state index is -0.405. The first-order chi connectivity index (χ1) is 10.3. The number of aromatic nitrogens is 2. The standard InChI is InChI=1S/C16H29BN2O3/c1-7-9-14(20-12-8-2)19-13(10-11-18-19)17-21-15(3,4)16(5,6)22-17/h10-11,14H,7-9,12H2,1-6H3. The molecule has 0 N–H and O–H groups in total. The van der Waals surface area contributed by atoms with E-state index in [1.165, 1.54) is 0 Å². The van der Waals surface area contributed by atoms with Crippen molar-refractivity contribution in [1.82, 2.24) is 9.78 Å². The zero-order chi connectivity index (χ0) is 16.4. The molecule has 1 saturated heterocycles. The highest BCUT2D eigenvalue weighted by atomic mass is 16.7. The highest BCUT2D eigenvalue weighted by Crippen LogP contribution is 2.36. The van der Waals surface area contributed by atoms with Crippen LogP contribution in [0.1, 0.15) is 67.0 Å². The monoisotopic (exact) mass is 308 g/mol. The van der Waals surface area contributed by atoms with E-state index in [2.05, 4.69) is 46.6 Å². The van der Waals surface area contributed by atoms with E-state index < -0.39 is 7.12 Å². The molecule has 2 heterocycles. The third-order valence-corrected chi connectivity index (χ3v) is 4.52. The fourth-order valence-corrected chi connectivity index (χ4v) is 2.49. The maximum absolute atomic E-state index is 6.14. The maximum atomic E-state index is 6.14. The Morgan fingerprint density at radius 3 is 2.36 bits per heavy atom. The molecule has 0 radical (unpaired) electrons. The molecular weight excluding hydrogens is 279 g/mol. The molecule has 1 fully saturated rings. The molecular formula is C16H29BN2O3. The van der Waals surface area contributed by atoms with E-state index in [9.17, 15) is 0 Å². The SMILES string of the molecule is CCCOC(CCC)n1nccc1B1OC(C)(C)C(C)(C)O1. The van der Waals surface area contributed by atoms with Gasteiger partial charge in [-0.2, -0.15) is 5.10 Å². The second-order valence-corrected chi connectivity index (χ2v) is 6.90. The molecule has 22 heavy (non-hydrogen) atoms. The van der Waals surface area contributed by atoms with Crippen LogP contribution in [-0.4, -0.2) is 34.7 Å². The minimum absolute atomic E-state index is 0.0611. The summed E-state index contributed by atoms with van der Waals surface area (Å²) in [6.07, 6.45) is 4.69. The second-order valence-electron chi connectivity index (χ2n) is 6.90. The van der Waals surface area contributed by atoms with E-state index in [1.54, 1.807) is 6.20 Å². The first-order valence-electron chi connectivity index (χ1n) is 8.33. The highest BCUT2D eigenvalue weighted by molar-refractivity contribution is 6.61. The van der Waals surface area contributed by atoms with Crippen LogP contribution < -0.4 is 5.59 Å². The molecule has 1 aromatic heterocycles. The summed E-state index contributed by atoms with van der Waals surface area (Å²) in [5, 5.41) is 4.46. The molecule has 1 aliphatic heterocycles. The van der Waals surface area contributed by atoms with Crippen molar-refractivity contribution in [2.45, 2.75) is 78.2 Å². The summed E-state index contributed by atoms with van der Waals surface area (Å²) in [7, 11) is -0.405. The Balaban J connectivity index is 2.22. The van der Waals surface area contributed by atoms with Crippen LogP contribution in [0.15, 0.2) is 12.3 Å². The number of rotatable bonds is 7. The number of hydrogen-bond acceptors (Lipinski definition) is 4. The molecule has 0 spiro atoms. The van der Waals surface area contributed by atoms with Gasteiger partial charge < -0.3 is 14.0 Å². The normalized spacial score (nSPS) is 21.3. The lowest BCUT2D eigenvalue weighted by Gasteiger charge is -2.32. The predicted octanol–water partition coefficient (Wildman–Crippen LogP) is 2.91. The second kappa shape index (κ2) is 6.73. The summed E-state index contributed by atoms with van der Waals surface area (Å²) in [4.78, 5) is 0. The van der Waals surface area contributed by atoms with Gasteiger partial charge in [-0.1, -0.05) is 20.3 Å². The van der Waals surface area contributed by atoms with Crippen molar-refractivity contribution >= 4 is 12.7 Å². The van der Waals surface area contributed by atoms with Gasteiger partial charge >= 0.3 is 7.12 Å². The van der Waals surface area contributed by atoms with Gasteiger partial charge in [0.05, 0.1) is 16.8 Å². The van der Waals surface area contributed by atoms with Gasteiger partial charge in [-0.15, -0.1) is 0 Å². The van der Waals surface area contributed by atoms with Gasteiger partial charge in [0, 0.05) is 12.8 Å². The fourth-order valence-electron chi connectivity index (χ4n) is 2.49. The molecule has 1 unspecified atom stereocenters. The Hall–Kier alpha value is -0.845. The maximum Gasteiger partial charge on any atom is 0.514 e. The molecule has 1 atom stereocenters. The molecule has 2 rings (SSSR count). The van der Waals surface area contributed by atoms with Crippen molar-refractivity contribution in [2.75, 3.05) is 6.61 Å². The largest absolute Gasteiger partial charge is 0.514 e. The predicted molar refractivity (Wildman–Crippen MR) is 88.1 cm³/mol. The summed E-state index contributed by atoms with van der Waals surface area (Å²) in [6.45, 7) is 13.2. The van der Waals surface area contributed by atoms with Crippen LogP contribution >= 0.6 is 0 Å². The molecule has 0 aliphatic carbocycles. The topological polar surface area (TPSA) is 45.5 Å². The van der Waals surface area contributed by atoms with Crippen molar-refractivity contribution in [3.05, 3.63) is 12.3 Å². The Labute approximate surface area is 134 Å². The van der Waals surface area contributed by atoms with E-state index in [0.717, 1.165) is 31.5 Å². The van der Waals surface area contributed by atoms with E-state index in [4.69, 9.17) is 14.0 Å². The Kier molecular flexibility index (Phi) is 5.35. The molecule has 1 aliphatic rings. The van der Waals surface area contributed by atoms with Crippen molar-refractivity contribution in [2.24, 2.45) is 0 Å². The van der Waals surface area contributed by atoms with Crippen LogP contribution in [0.2, 0.25) is 0 Å². The van der Waals surface area contributed by atoms with Crippen molar-refractivity contribution < 1.29 is 14.0 Å². The molecule has 5 nitrogen and oxygen atoms in total. The van der Waals surface area contributed by atoms with Crippen LogP contribution in [0.4, 0.5) is 0 Å². The van der Waals surface area contributed by atoms with Crippen molar-refractivity contribution in [3.63, 3.8) is 0 Å². The van der Waals surface area contributed by atoms with Gasteiger partial charge in [0.15, 0.2) is 0 Å². The van der Waals surface area contributed by atoms with Crippen LogP contribution in [-0.2, 0) is 14.0 Å². The summed E-state index contributed by atoms with van der Waals surface area (Å²) in [5.74, 6) is 0. The van der Waals surface area contributed by atoms with Crippen LogP contribution in [0.3, 0.4) is 0 Å². The van der Waals surface area contributed by atoms with Crippen LogP contribution in [0.5, 0.6) is 0 Å². The molecule has 0 saturated carbocycles. The van der Waals surface area contributed by atoms with Crippen molar-refractivity contribution in [3.8, 4) is 0 Å². The highest BCUT2D eigenvalue weighted by Gasteiger charge is 2.53. The lowest BCUT2D eigenvalue weighted by atomic mass is 9.84. The summed E-state index contributed by atoms with van der Waals surface area (Å²) >= 11 is 0. The molecule has 0 bridgehead atoms. The van der Waals surface area contributed by atoms with Crippen LogP contribution in [0, 0.1) is 0 Å². The Bertz CT molecular complexity index is 471. The zero-order valence-corrected chi connectivity index (χ0v) is 14.8.